The molecule has 0 aromatic rings. The van der Waals surface area contributed by atoms with Gasteiger partial charge in [-0.3, -0.25) is 4.90 Å². The fourth-order valence-electron chi connectivity index (χ4n) is 1.99. The number of hydrogen-bond donors (Lipinski definition) is 1. The quantitative estimate of drug-likeness (QED) is 0.672. The Kier molecular flexibility index (Phi) is 3.94. The van der Waals surface area contributed by atoms with E-state index in [2.05, 4.69) is 25.3 Å². The maximum atomic E-state index is 5.92. The predicted molar refractivity (Wildman–Crippen MR) is 57.6 cm³/mol. The van der Waals surface area contributed by atoms with Crippen LogP contribution >= 0.6 is 0 Å². The SMILES string of the molecule is C=CC(C)N1CCCC(C(C)N)C1. The smallest absolute Gasteiger partial charge is 0.0247 e. The molecule has 3 atom stereocenters. The summed E-state index contributed by atoms with van der Waals surface area (Å²) >= 11 is 0. The van der Waals surface area contributed by atoms with E-state index in [9.17, 15) is 0 Å². The molecular formula is C11H22N2. The molecule has 3 unspecified atom stereocenters. The minimum Gasteiger partial charge on any atom is -0.328 e. The van der Waals surface area contributed by atoms with Gasteiger partial charge in [0.05, 0.1) is 0 Å². The van der Waals surface area contributed by atoms with Gasteiger partial charge < -0.3 is 5.73 Å². The van der Waals surface area contributed by atoms with Crippen molar-refractivity contribution in [1.82, 2.24) is 4.90 Å². The van der Waals surface area contributed by atoms with Crippen molar-refractivity contribution in [2.75, 3.05) is 13.1 Å². The Bertz CT molecular complexity index is 165. The summed E-state index contributed by atoms with van der Waals surface area (Å²) in [6.45, 7) is 10.5. The van der Waals surface area contributed by atoms with E-state index in [0.717, 1.165) is 6.54 Å². The normalized spacial score (nSPS) is 29.6. The van der Waals surface area contributed by atoms with Crippen molar-refractivity contribution < 1.29 is 0 Å². The molecule has 13 heavy (non-hydrogen) atoms. The Labute approximate surface area is 81.8 Å². The van der Waals surface area contributed by atoms with Crippen LogP contribution in [-0.2, 0) is 0 Å². The Morgan fingerprint density at radius 2 is 2.23 bits per heavy atom. The van der Waals surface area contributed by atoms with Gasteiger partial charge in [0, 0.05) is 18.6 Å². The van der Waals surface area contributed by atoms with Crippen LogP contribution in [0.15, 0.2) is 12.7 Å². The van der Waals surface area contributed by atoms with E-state index in [0.29, 0.717) is 18.0 Å². The number of hydrogen-bond acceptors (Lipinski definition) is 2. The number of nitrogens with zero attached hydrogens (tertiary/aromatic N) is 1. The third-order valence-corrected chi connectivity index (χ3v) is 3.15. The Morgan fingerprint density at radius 3 is 2.77 bits per heavy atom. The average Bonchev–Trinajstić information content (AvgIpc) is 2.17. The third kappa shape index (κ3) is 2.82. The lowest BCUT2D eigenvalue weighted by atomic mass is 9.91. The molecular weight excluding hydrogens is 160 g/mol. The third-order valence-electron chi connectivity index (χ3n) is 3.15. The first-order valence-electron chi connectivity index (χ1n) is 5.27. The summed E-state index contributed by atoms with van der Waals surface area (Å²) in [4.78, 5) is 2.48. The van der Waals surface area contributed by atoms with E-state index in [1.54, 1.807) is 0 Å². The number of nitrogens with two attached hydrogens (primary N) is 1. The molecule has 0 saturated carbocycles. The summed E-state index contributed by atoms with van der Waals surface area (Å²) in [6, 6.07) is 0.835. The van der Waals surface area contributed by atoms with Crippen molar-refractivity contribution in [3.05, 3.63) is 12.7 Å². The zero-order chi connectivity index (χ0) is 9.84. The number of likely N-dealkylation sites (tertiary alicyclic amines) is 1. The van der Waals surface area contributed by atoms with E-state index in [1.807, 2.05) is 6.08 Å². The van der Waals surface area contributed by atoms with Gasteiger partial charge in [-0.15, -0.1) is 6.58 Å². The van der Waals surface area contributed by atoms with Gasteiger partial charge in [0.15, 0.2) is 0 Å². The Hall–Kier alpha value is -0.340. The summed E-state index contributed by atoms with van der Waals surface area (Å²) in [5.74, 6) is 0.677. The lowest BCUT2D eigenvalue weighted by Gasteiger charge is -2.37. The molecule has 1 fully saturated rings. The summed E-state index contributed by atoms with van der Waals surface area (Å²) < 4.78 is 0. The van der Waals surface area contributed by atoms with Gasteiger partial charge in [0.2, 0.25) is 0 Å². The Morgan fingerprint density at radius 1 is 1.54 bits per heavy atom. The fourth-order valence-corrected chi connectivity index (χ4v) is 1.99. The molecule has 2 nitrogen and oxygen atoms in total. The van der Waals surface area contributed by atoms with Gasteiger partial charge in [-0.25, -0.2) is 0 Å². The van der Waals surface area contributed by atoms with Crippen molar-refractivity contribution in [3.8, 4) is 0 Å². The average molecular weight is 182 g/mol. The standard InChI is InChI=1S/C11H22N2/c1-4-9(2)13-7-5-6-11(8-13)10(3)12/h4,9-11H,1,5-8,12H2,2-3H3. The molecule has 1 aliphatic heterocycles. The molecule has 0 aromatic carbocycles. The first-order valence-corrected chi connectivity index (χ1v) is 5.27. The second kappa shape index (κ2) is 4.77. The first-order chi connectivity index (χ1) is 6.15. The molecule has 0 amide bonds. The highest BCUT2D eigenvalue weighted by molar-refractivity contribution is 4.88. The molecule has 0 spiro atoms. The first kappa shape index (κ1) is 10.7. The van der Waals surface area contributed by atoms with Gasteiger partial charge in [0.1, 0.15) is 0 Å². The zero-order valence-corrected chi connectivity index (χ0v) is 8.87. The fraction of sp³-hybridized carbons (Fsp3) is 0.818. The summed E-state index contributed by atoms with van der Waals surface area (Å²) in [5, 5.41) is 0. The van der Waals surface area contributed by atoms with E-state index >= 15 is 0 Å². The number of piperidine rings is 1. The monoisotopic (exact) mass is 182 g/mol. The maximum absolute atomic E-state index is 5.92. The maximum Gasteiger partial charge on any atom is 0.0247 e. The van der Waals surface area contributed by atoms with Crippen LogP contribution in [0.2, 0.25) is 0 Å². The van der Waals surface area contributed by atoms with E-state index in [4.69, 9.17) is 5.73 Å². The highest BCUT2D eigenvalue weighted by Gasteiger charge is 2.24. The van der Waals surface area contributed by atoms with Crippen molar-refractivity contribution in [1.29, 1.82) is 0 Å². The van der Waals surface area contributed by atoms with Crippen LogP contribution < -0.4 is 5.73 Å². The van der Waals surface area contributed by atoms with Crippen molar-refractivity contribution >= 4 is 0 Å². The zero-order valence-electron chi connectivity index (χ0n) is 8.87. The van der Waals surface area contributed by atoms with Gasteiger partial charge in [0.25, 0.3) is 0 Å². The summed E-state index contributed by atoms with van der Waals surface area (Å²) in [7, 11) is 0. The summed E-state index contributed by atoms with van der Waals surface area (Å²) in [6.07, 6.45) is 4.59. The second-order valence-electron chi connectivity index (χ2n) is 4.23. The van der Waals surface area contributed by atoms with Crippen LogP contribution in [-0.4, -0.2) is 30.1 Å². The van der Waals surface area contributed by atoms with Crippen LogP contribution in [0.1, 0.15) is 26.7 Å². The van der Waals surface area contributed by atoms with Crippen molar-refractivity contribution in [2.24, 2.45) is 11.7 Å². The molecule has 1 rings (SSSR count). The minimum absolute atomic E-state index is 0.333. The topological polar surface area (TPSA) is 29.3 Å². The molecule has 0 aliphatic carbocycles. The summed E-state index contributed by atoms with van der Waals surface area (Å²) in [5.41, 5.74) is 5.92. The number of rotatable bonds is 3. The highest BCUT2D eigenvalue weighted by atomic mass is 15.2. The van der Waals surface area contributed by atoms with Crippen LogP contribution in [0.3, 0.4) is 0 Å². The molecule has 1 aliphatic rings. The van der Waals surface area contributed by atoms with Gasteiger partial charge in [-0.2, -0.15) is 0 Å². The van der Waals surface area contributed by atoms with E-state index < -0.39 is 0 Å². The molecule has 1 heterocycles. The highest BCUT2D eigenvalue weighted by Crippen LogP contribution is 2.20. The molecule has 2 heteroatoms. The predicted octanol–water partition coefficient (Wildman–Crippen LogP) is 1.62. The largest absolute Gasteiger partial charge is 0.328 e. The van der Waals surface area contributed by atoms with Crippen molar-refractivity contribution in [2.45, 2.75) is 38.8 Å². The lowest BCUT2D eigenvalue weighted by molar-refractivity contribution is 0.141. The molecule has 0 radical (unpaired) electrons. The van der Waals surface area contributed by atoms with E-state index in [-0.39, 0.29) is 0 Å². The van der Waals surface area contributed by atoms with Gasteiger partial charge in [-0.05, 0) is 39.2 Å². The van der Waals surface area contributed by atoms with Gasteiger partial charge in [-0.1, -0.05) is 6.08 Å². The minimum atomic E-state index is 0.333. The molecule has 1 saturated heterocycles. The molecule has 76 valence electrons. The molecule has 0 bridgehead atoms. The van der Waals surface area contributed by atoms with E-state index in [1.165, 1.54) is 19.4 Å². The second-order valence-corrected chi connectivity index (χ2v) is 4.23. The van der Waals surface area contributed by atoms with Crippen LogP contribution in [0.25, 0.3) is 0 Å². The molecule has 2 N–H and O–H groups in total. The van der Waals surface area contributed by atoms with Crippen LogP contribution in [0.5, 0.6) is 0 Å². The van der Waals surface area contributed by atoms with Gasteiger partial charge >= 0.3 is 0 Å². The lowest BCUT2D eigenvalue weighted by Crippen LogP contribution is -2.45. The van der Waals surface area contributed by atoms with Crippen LogP contribution in [0.4, 0.5) is 0 Å². The Balaban J connectivity index is 2.46. The van der Waals surface area contributed by atoms with Crippen molar-refractivity contribution in [3.63, 3.8) is 0 Å². The molecule has 0 aromatic heterocycles. The van der Waals surface area contributed by atoms with Crippen LogP contribution in [0, 0.1) is 5.92 Å².